The highest BCUT2D eigenvalue weighted by atomic mass is 16.3. The number of imidazole rings is 1. The molecule has 0 fully saturated rings. The molecule has 2 heterocycles. The molecule has 0 aliphatic carbocycles. The van der Waals surface area contributed by atoms with Gasteiger partial charge in [-0.3, -0.25) is 9.36 Å². The van der Waals surface area contributed by atoms with Gasteiger partial charge in [-0.05, 0) is 31.5 Å². The molecular formula is C17H16N6O3. The van der Waals surface area contributed by atoms with E-state index < -0.39 is 5.56 Å². The van der Waals surface area contributed by atoms with Crippen LogP contribution in [0.5, 0.6) is 5.88 Å². The second-order valence-electron chi connectivity index (χ2n) is 5.75. The Balaban J connectivity index is 2.11. The molecular weight excluding hydrogens is 336 g/mol. The molecule has 3 N–H and O–H groups in total. The normalized spacial score (nSPS) is 11.3. The van der Waals surface area contributed by atoms with Crippen molar-refractivity contribution < 1.29 is 5.11 Å². The van der Waals surface area contributed by atoms with Crippen molar-refractivity contribution in [2.24, 2.45) is 10.2 Å². The van der Waals surface area contributed by atoms with E-state index in [1.54, 1.807) is 18.2 Å². The van der Waals surface area contributed by atoms with Gasteiger partial charge in [0.05, 0.1) is 16.7 Å². The highest BCUT2D eigenvalue weighted by Gasteiger charge is 2.18. The molecule has 0 atom stereocenters. The average molecular weight is 352 g/mol. The van der Waals surface area contributed by atoms with Gasteiger partial charge in [0.1, 0.15) is 11.6 Å². The van der Waals surface area contributed by atoms with Crippen molar-refractivity contribution in [3.8, 4) is 11.9 Å². The number of pyridine rings is 1. The molecule has 0 saturated heterocycles. The van der Waals surface area contributed by atoms with E-state index >= 15 is 0 Å². The lowest BCUT2D eigenvalue weighted by molar-refractivity contribution is 0.402. The highest BCUT2D eigenvalue weighted by molar-refractivity contribution is 5.77. The van der Waals surface area contributed by atoms with Gasteiger partial charge >= 0.3 is 5.69 Å². The summed E-state index contributed by atoms with van der Waals surface area (Å²) in [6.45, 7) is 3.65. The number of rotatable bonds is 4. The van der Waals surface area contributed by atoms with Crippen LogP contribution in [0.15, 0.2) is 38.0 Å². The van der Waals surface area contributed by atoms with Crippen LogP contribution in [0.25, 0.3) is 11.0 Å². The van der Waals surface area contributed by atoms with Crippen LogP contribution < -0.4 is 11.2 Å². The number of aromatic nitrogens is 3. The third kappa shape index (κ3) is 2.88. The Morgan fingerprint density at radius 3 is 2.65 bits per heavy atom. The maximum atomic E-state index is 12.6. The molecule has 0 aliphatic rings. The summed E-state index contributed by atoms with van der Waals surface area (Å²) < 4.78 is 1.12. The molecule has 1 aromatic carbocycles. The fourth-order valence-electron chi connectivity index (χ4n) is 2.68. The third-order valence-corrected chi connectivity index (χ3v) is 3.98. The minimum atomic E-state index is -0.513. The van der Waals surface area contributed by atoms with Gasteiger partial charge in [-0.15, -0.1) is 5.11 Å². The van der Waals surface area contributed by atoms with Crippen LogP contribution in [0, 0.1) is 18.3 Å². The predicted molar refractivity (Wildman–Crippen MR) is 95.2 cm³/mol. The zero-order valence-corrected chi connectivity index (χ0v) is 14.2. The Labute approximate surface area is 147 Å². The summed E-state index contributed by atoms with van der Waals surface area (Å²) in [7, 11) is 0. The van der Waals surface area contributed by atoms with Crippen LogP contribution in [0.3, 0.4) is 0 Å². The molecule has 2 aromatic heterocycles. The van der Waals surface area contributed by atoms with Crippen LogP contribution in [0.1, 0.15) is 24.5 Å². The van der Waals surface area contributed by atoms with Crippen molar-refractivity contribution in [2.45, 2.75) is 26.8 Å². The molecule has 132 valence electrons. The minimum absolute atomic E-state index is 0.00239. The molecule has 9 nitrogen and oxygen atoms in total. The van der Waals surface area contributed by atoms with E-state index in [2.05, 4.69) is 20.2 Å². The van der Waals surface area contributed by atoms with E-state index in [0.29, 0.717) is 23.1 Å². The summed E-state index contributed by atoms with van der Waals surface area (Å²) in [5, 5.41) is 27.5. The van der Waals surface area contributed by atoms with E-state index in [0.717, 1.165) is 4.57 Å². The monoisotopic (exact) mass is 352 g/mol. The Kier molecular flexibility index (Phi) is 4.41. The summed E-state index contributed by atoms with van der Waals surface area (Å²) in [6.07, 6.45) is 0.607. The second kappa shape index (κ2) is 6.68. The molecule has 9 heteroatoms. The standard InChI is InChI=1S/C17H16N6O3/c1-3-6-23-15(24)11(8-18)9(2)14(16(23)25)22-21-10-4-5-12-13(7-10)20-17(26)19-12/h4-5,7,24H,3,6H2,1-2H3,(H2,19,20,26). The zero-order valence-electron chi connectivity index (χ0n) is 14.2. The van der Waals surface area contributed by atoms with Crippen molar-refractivity contribution >= 4 is 22.4 Å². The van der Waals surface area contributed by atoms with Gasteiger partial charge < -0.3 is 15.1 Å². The van der Waals surface area contributed by atoms with Crippen LogP contribution in [-0.4, -0.2) is 19.6 Å². The molecule has 3 aromatic rings. The second-order valence-corrected chi connectivity index (χ2v) is 5.75. The molecule has 0 aliphatic heterocycles. The molecule has 0 unspecified atom stereocenters. The van der Waals surface area contributed by atoms with Gasteiger partial charge in [0, 0.05) is 12.1 Å². The number of azo groups is 1. The smallest absolute Gasteiger partial charge is 0.323 e. The fourth-order valence-corrected chi connectivity index (χ4v) is 2.68. The summed E-state index contributed by atoms with van der Waals surface area (Å²) in [4.78, 5) is 29.1. The van der Waals surface area contributed by atoms with Gasteiger partial charge in [0.15, 0.2) is 5.69 Å². The number of aromatic amines is 2. The molecule has 0 bridgehead atoms. The number of H-pyrrole nitrogens is 2. The lowest BCUT2D eigenvalue weighted by Crippen LogP contribution is -2.21. The zero-order chi connectivity index (χ0) is 18.8. The lowest BCUT2D eigenvalue weighted by Gasteiger charge is -2.11. The third-order valence-electron chi connectivity index (χ3n) is 3.98. The number of hydrogen-bond donors (Lipinski definition) is 3. The first kappa shape index (κ1) is 17.2. The minimum Gasteiger partial charge on any atom is -0.493 e. The topological polar surface area (TPSA) is 139 Å². The van der Waals surface area contributed by atoms with Crippen LogP contribution in [-0.2, 0) is 6.54 Å². The summed E-state index contributed by atoms with van der Waals surface area (Å²) in [6, 6.07) is 6.82. The first-order valence-corrected chi connectivity index (χ1v) is 7.96. The summed E-state index contributed by atoms with van der Waals surface area (Å²) in [5.41, 5.74) is 1.04. The van der Waals surface area contributed by atoms with Crippen LogP contribution >= 0.6 is 0 Å². The molecule has 0 saturated carbocycles. The van der Waals surface area contributed by atoms with Crippen molar-refractivity contribution in [1.29, 1.82) is 5.26 Å². The number of fused-ring (bicyclic) bond motifs is 1. The van der Waals surface area contributed by atoms with Crippen molar-refractivity contribution in [2.75, 3.05) is 0 Å². The Morgan fingerprint density at radius 2 is 1.96 bits per heavy atom. The maximum Gasteiger partial charge on any atom is 0.323 e. The van der Waals surface area contributed by atoms with Gasteiger partial charge in [-0.25, -0.2) is 4.79 Å². The van der Waals surface area contributed by atoms with Gasteiger partial charge in [-0.2, -0.15) is 10.4 Å². The molecule has 3 rings (SSSR count). The van der Waals surface area contributed by atoms with E-state index in [4.69, 9.17) is 0 Å². The molecule has 26 heavy (non-hydrogen) atoms. The quantitative estimate of drug-likeness (QED) is 0.621. The SMILES string of the molecule is CCCn1c(O)c(C#N)c(C)c(N=Nc2ccc3[nH]c(=O)[nH]c3c2)c1=O. The first-order chi connectivity index (χ1) is 12.5. The van der Waals surface area contributed by atoms with Crippen LogP contribution in [0.4, 0.5) is 11.4 Å². The Bertz CT molecular complexity index is 1180. The Hall–Kier alpha value is -3.67. The number of aromatic hydroxyl groups is 1. The van der Waals surface area contributed by atoms with Gasteiger partial charge in [-0.1, -0.05) is 6.92 Å². The van der Waals surface area contributed by atoms with E-state index in [9.17, 15) is 20.0 Å². The first-order valence-electron chi connectivity index (χ1n) is 7.96. The predicted octanol–water partition coefficient (Wildman–Crippen LogP) is 2.73. The summed E-state index contributed by atoms with van der Waals surface area (Å²) >= 11 is 0. The summed E-state index contributed by atoms with van der Waals surface area (Å²) in [5.74, 6) is -0.359. The molecule has 0 amide bonds. The van der Waals surface area contributed by atoms with E-state index in [1.165, 1.54) is 6.92 Å². The van der Waals surface area contributed by atoms with Crippen molar-refractivity contribution in [3.05, 3.63) is 50.2 Å². The number of nitriles is 1. The number of nitrogens with one attached hydrogen (secondary N) is 2. The number of nitrogens with zero attached hydrogens (tertiary/aromatic N) is 4. The van der Waals surface area contributed by atoms with Crippen LogP contribution in [0.2, 0.25) is 0 Å². The van der Waals surface area contributed by atoms with Gasteiger partial charge in [0.2, 0.25) is 5.88 Å². The number of benzene rings is 1. The highest BCUT2D eigenvalue weighted by Crippen LogP contribution is 2.27. The maximum absolute atomic E-state index is 12.6. The van der Waals surface area contributed by atoms with Gasteiger partial charge in [0.25, 0.3) is 5.56 Å². The largest absolute Gasteiger partial charge is 0.493 e. The number of hydrogen-bond acceptors (Lipinski definition) is 6. The van der Waals surface area contributed by atoms with Crippen molar-refractivity contribution in [1.82, 2.24) is 14.5 Å². The van der Waals surface area contributed by atoms with Crippen molar-refractivity contribution in [3.63, 3.8) is 0 Å². The fraction of sp³-hybridized carbons (Fsp3) is 0.235. The molecule has 0 radical (unpaired) electrons. The average Bonchev–Trinajstić information content (AvgIpc) is 2.98. The lowest BCUT2D eigenvalue weighted by atomic mass is 10.1. The molecule has 0 spiro atoms. The van der Waals surface area contributed by atoms with E-state index in [-0.39, 0.29) is 34.9 Å². The van der Waals surface area contributed by atoms with E-state index in [1.807, 2.05) is 13.0 Å². The Morgan fingerprint density at radius 1 is 1.23 bits per heavy atom.